The summed E-state index contributed by atoms with van der Waals surface area (Å²) in [6, 6.07) is 19.2. The Morgan fingerprint density at radius 1 is 1.00 bits per heavy atom. The van der Waals surface area contributed by atoms with Crippen LogP contribution in [-0.4, -0.2) is 55.1 Å². The maximum atomic E-state index is 12.7. The number of piperidine rings is 1. The molecule has 1 saturated heterocycles. The summed E-state index contributed by atoms with van der Waals surface area (Å²) in [5, 5.41) is 12.0. The third-order valence-electron chi connectivity index (χ3n) is 6.00. The van der Waals surface area contributed by atoms with Gasteiger partial charge in [0.15, 0.2) is 17.3 Å². The molecule has 0 spiro atoms. The number of rotatable bonds is 5. The molecule has 170 valence electrons. The van der Waals surface area contributed by atoms with Crippen LogP contribution < -0.4 is 24.4 Å². The second-order valence-corrected chi connectivity index (χ2v) is 8.11. The minimum atomic E-state index is -0.633. The van der Waals surface area contributed by atoms with Crippen molar-refractivity contribution in [2.75, 3.05) is 31.7 Å². The van der Waals surface area contributed by atoms with Gasteiger partial charge in [-0.3, -0.25) is 4.79 Å². The molecule has 1 atom stereocenters. The van der Waals surface area contributed by atoms with E-state index >= 15 is 0 Å². The van der Waals surface area contributed by atoms with Gasteiger partial charge in [0.1, 0.15) is 12.4 Å². The predicted molar refractivity (Wildman–Crippen MR) is 124 cm³/mol. The second-order valence-electron chi connectivity index (χ2n) is 8.11. The first-order valence-corrected chi connectivity index (χ1v) is 11.1. The number of benzene rings is 2. The Balaban J connectivity index is 1.15. The van der Waals surface area contributed by atoms with Crippen LogP contribution in [-0.2, 0) is 4.79 Å². The van der Waals surface area contributed by atoms with E-state index in [-0.39, 0.29) is 18.6 Å². The van der Waals surface area contributed by atoms with Crippen molar-refractivity contribution < 1.29 is 19.0 Å². The lowest BCUT2D eigenvalue weighted by molar-refractivity contribution is -0.131. The number of nitrogens with zero attached hydrogens (tertiary/aromatic N) is 3. The van der Waals surface area contributed by atoms with Crippen LogP contribution in [0.3, 0.4) is 0 Å². The van der Waals surface area contributed by atoms with E-state index in [0.29, 0.717) is 11.5 Å². The van der Waals surface area contributed by atoms with Crippen molar-refractivity contribution in [3.8, 4) is 28.5 Å². The van der Waals surface area contributed by atoms with Crippen LogP contribution in [0.2, 0.25) is 0 Å². The van der Waals surface area contributed by atoms with Crippen molar-refractivity contribution in [1.29, 1.82) is 0 Å². The molecule has 1 N–H and O–H groups in total. The average Bonchev–Trinajstić information content (AvgIpc) is 2.89. The highest BCUT2D eigenvalue weighted by Gasteiger charge is 2.30. The summed E-state index contributed by atoms with van der Waals surface area (Å²) in [6.07, 6.45) is 1.02. The fourth-order valence-electron chi connectivity index (χ4n) is 4.19. The first kappa shape index (κ1) is 21.1. The van der Waals surface area contributed by atoms with Crippen LogP contribution >= 0.6 is 0 Å². The quantitative estimate of drug-likeness (QED) is 0.645. The number of carbonyl (C=O) groups excluding carboxylic acids is 1. The van der Waals surface area contributed by atoms with E-state index in [0.717, 1.165) is 48.8 Å². The van der Waals surface area contributed by atoms with E-state index in [4.69, 9.17) is 14.2 Å². The van der Waals surface area contributed by atoms with Crippen LogP contribution in [0.15, 0.2) is 60.7 Å². The first-order valence-electron chi connectivity index (χ1n) is 11.1. The van der Waals surface area contributed by atoms with Gasteiger partial charge in [-0.25, -0.2) is 0 Å². The molecule has 0 unspecified atom stereocenters. The third kappa shape index (κ3) is 4.55. The van der Waals surface area contributed by atoms with Gasteiger partial charge >= 0.3 is 0 Å². The number of hydrogen-bond acceptors (Lipinski definition) is 7. The Morgan fingerprint density at radius 2 is 1.76 bits per heavy atom. The van der Waals surface area contributed by atoms with Gasteiger partial charge in [0.2, 0.25) is 6.10 Å². The van der Waals surface area contributed by atoms with Crippen molar-refractivity contribution in [1.82, 2.24) is 15.5 Å². The van der Waals surface area contributed by atoms with Crippen LogP contribution in [0, 0.1) is 0 Å². The molecule has 5 rings (SSSR count). The van der Waals surface area contributed by atoms with Gasteiger partial charge in [0.25, 0.3) is 5.91 Å². The standard InChI is InChI=1S/C25H26N4O4/c1-31-20-7-3-2-6-18(20)19-10-11-24(28-27-19)29-14-12-17(13-15-29)26-25(30)23-16-32-21-8-4-5-9-22(21)33-23/h2-11,17,23H,12-16H2,1H3,(H,26,30)/t23-/m1/s1. The molecule has 0 saturated carbocycles. The highest BCUT2D eigenvalue weighted by molar-refractivity contribution is 5.82. The fraction of sp³-hybridized carbons (Fsp3) is 0.320. The number of carbonyl (C=O) groups is 1. The van der Waals surface area contributed by atoms with E-state index in [1.165, 1.54) is 0 Å². The van der Waals surface area contributed by atoms with E-state index < -0.39 is 6.10 Å². The van der Waals surface area contributed by atoms with Gasteiger partial charge in [-0.05, 0) is 49.2 Å². The molecule has 3 heterocycles. The Bertz CT molecular complexity index is 1110. The molecule has 0 bridgehead atoms. The molecule has 8 nitrogen and oxygen atoms in total. The molecule has 3 aromatic rings. The van der Waals surface area contributed by atoms with Crippen LogP contribution in [0.1, 0.15) is 12.8 Å². The summed E-state index contributed by atoms with van der Waals surface area (Å²) in [6.45, 7) is 1.80. The molecule has 33 heavy (non-hydrogen) atoms. The maximum Gasteiger partial charge on any atom is 0.264 e. The Kier molecular flexibility index (Phi) is 5.97. The minimum Gasteiger partial charge on any atom is -0.496 e. The summed E-state index contributed by atoms with van der Waals surface area (Å²) >= 11 is 0. The topological polar surface area (TPSA) is 85.8 Å². The molecular weight excluding hydrogens is 420 g/mol. The SMILES string of the molecule is COc1ccccc1-c1ccc(N2CCC(NC(=O)[C@H]3COc4ccccc4O3)CC2)nn1. The summed E-state index contributed by atoms with van der Waals surface area (Å²) in [5.74, 6) is 2.75. The predicted octanol–water partition coefficient (Wildman–Crippen LogP) is 3.08. The number of para-hydroxylation sites is 3. The van der Waals surface area contributed by atoms with E-state index in [1.807, 2.05) is 60.7 Å². The maximum absolute atomic E-state index is 12.7. The molecule has 1 amide bonds. The summed E-state index contributed by atoms with van der Waals surface area (Å²) in [7, 11) is 1.65. The Labute approximate surface area is 192 Å². The van der Waals surface area contributed by atoms with Crippen molar-refractivity contribution >= 4 is 11.7 Å². The number of ether oxygens (including phenoxy) is 3. The molecule has 8 heteroatoms. The Hall–Kier alpha value is -3.81. The number of amides is 1. The molecule has 1 aromatic heterocycles. The highest BCUT2D eigenvalue weighted by Crippen LogP contribution is 2.31. The van der Waals surface area contributed by atoms with Crippen LogP contribution in [0.4, 0.5) is 5.82 Å². The van der Waals surface area contributed by atoms with Gasteiger partial charge in [-0.2, -0.15) is 0 Å². The van der Waals surface area contributed by atoms with E-state index in [9.17, 15) is 4.79 Å². The van der Waals surface area contributed by atoms with Crippen molar-refractivity contribution in [3.05, 3.63) is 60.7 Å². The van der Waals surface area contributed by atoms with Gasteiger partial charge in [0.05, 0.1) is 12.8 Å². The number of anilines is 1. The number of nitrogens with one attached hydrogen (secondary N) is 1. The zero-order valence-electron chi connectivity index (χ0n) is 18.4. The molecule has 2 aromatic carbocycles. The minimum absolute atomic E-state index is 0.0929. The first-order chi connectivity index (χ1) is 16.2. The summed E-state index contributed by atoms with van der Waals surface area (Å²) < 4.78 is 16.9. The summed E-state index contributed by atoms with van der Waals surface area (Å²) in [5.41, 5.74) is 1.69. The normalized spacial score (nSPS) is 18.0. The fourth-order valence-corrected chi connectivity index (χ4v) is 4.19. The van der Waals surface area contributed by atoms with Gasteiger partial charge in [0, 0.05) is 24.7 Å². The number of methoxy groups -OCH3 is 1. The second kappa shape index (κ2) is 9.36. The van der Waals surface area contributed by atoms with Gasteiger partial charge < -0.3 is 24.4 Å². The van der Waals surface area contributed by atoms with Crippen LogP contribution in [0.5, 0.6) is 17.2 Å². The van der Waals surface area contributed by atoms with Crippen molar-refractivity contribution in [2.24, 2.45) is 0 Å². The lowest BCUT2D eigenvalue weighted by Crippen LogP contribution is -2.51. The van der Waals surface area contributed by atoms with Gasteiger partial charge in [-0.1, -0.05) is 24.3 Å². The molecule has 0 radical (unpaired) electrons. The van der Waals surface area contributed by atoms with Crippen molar-refractivity contribution in [2.45, 2.75) is 25.0 Å². The van der Waals surface area contributed by atoms with E-state index in [2.05, 4.69) is 20.4 Å². The highest BCUT2D eigenvalue weighted by atomic mass is 16.6. The van der Waals surface area contributed by atoms with Crippen LogP contribution in [0.25, 0.3) is 11.3 Å². The van der Waals surface area contributed by atoms with E-state index in [1.54, 1.807) is 7.11 Å². The molecule has 2 aliphatic heterocycles. The zero-order valence-corrected chi connectivity index (χ0v) is 18.4. The molecule has 1 fully saturated rings. The zero-order chi connectivity index (χ0) is 22.6. The lowest BCUT2D eigenvalue weighted by Gasteiger charge is -2.34. The Morgan fingerprint density at radius 3 is 2.52 bits per heavy atom. The third-order valence-corrected chi connectivity index (χ3v) is 6.00. The number of aromatic nitrogens is 2. The number of fused-ring (bicyclic) bond motifs is 1. The average molecular weight is 447 g/mol. The smallest absolute Gasteiger partial charge is 0.264 e. The largest absolute Gasteiger partial charge is 0.496 e. The lowest BCUT2D eigenvalue weighted by atomic mass is 10.0. The van der Waals surface area contributed by atoms with Gasteiger partial charge in [-0.15, -0.1) is 10.2 Å². The van der Waals surface area contributed by atoms with Crippen molar-refractivity contribution in [3.63, 3.8) is 0 Å². The number of hydrogen-bond donors (Lipinski definition) is 1. The summed E-state index contributed by atoms with van der Waals surface area (Å²) in [4.78, 5) is 14.9. The monoisotopic (exact) mass is 446 g/mol. The molecular formula is C25H26N4O4. The molecule has 2 aliphatic rings. The molecule has 0 aliphatic carbocycles.